The van der Waals surface area contributed by atoms with Crippen LogP contribution in [0.3, 0.4) is 0 Å². The zero-order valence-corrected chi connectivity index (χ0v) is 17.0. The Morgan fingerprint density at radius 1 is 0.900 bits per heavy atom. The van der Waals surface area contributed by atoms with Crippen molar-refractivity contribution in [3.05, 3.63) is 88.1 Å². The molecule has 1 amide bonds. The van der Waals surface area contributed by atoms with Gasteiger partial charge in [-0.05, 0) is 43.4 Å². The maximum absolute atomic E-state index is 13.3. The summed E-state index contributed by atoms with van der Waals surface area (Å²) in [6.45, 7) is 0. The minimum atomic E-state index is -0.353. The van der Waals surface area contributed by atoms with Crippen molar-refractivity contribution in [2.24, 2.45) is 0 Å². The number of nitrogens with one attached hydrogen (secondary N) is 1. The summed E-state index contributed by atoms with van der Waals surface area (Å²) in [5.74, 6) is -0.399. The molecule has 5 rings (SSSR count). The fourth-order valence-electron chi connectivity index (χ4n) is 3.86. The number of anilines is 1. The van der Waals surface area contributed by atoms with Crippen LogP contribution in [0.5, 0.6) is 0 Å². The molecule has 0 atom stereocenters. The van der Waals surface area contributed by atoms with Crippen LogP contribution in [-0.2, 0) is 12.8 Å². The Labute approximate surface area is 177 Å². The van der Waals surface area contributed by atoms with E-state index in [1.807, 2.05) is 54.6 Å². The summed E-state index contributed by atoms with van der Waals surface area (Å²) in [5, 5.41) is 3.56. The third-order valence-electron chi connectivity index (χ3n) is 5.34. The monoisotopic (exact) mass is 413 g/mol. The second kappa shape index (κ2) is 7.80. The molecule has 6 heteroatoms. The van der Waals surface area contributed by atoms with Crippen molar-refractivity contribution < 1.29 is 9.59 Å². The van der Waals surface area contributed by atoms with E-state index in [2.05, 4.69) is 15.3 Å². The molecule has 0 radical (unpaired) electrons. The molecule has 148 valence electrons. The van der Waals surface area contributed by atoms with Crippen LogP contribution in [0.15, 0.2) is 60.8 Å². The van der Waals surface area contributed by atoms with E-state index in [0.717, 1.165) is 36.8 Å². The number of nitrogens with zero attached hydrogens (tertiary/aromatic N) is 2. The van der Waals surface area contributed by atoms with Gasteiger partial charge in [-0.15, -0.1) is 11.3 Å². The number of carbonyl (C=O) groups excluding carboxylic acids is 2. The van der Waals surface area contributed by atoms with Gasteiger partial charge in [0, 0.05) is 10.4 Å². The molecule has 1 N–H and O–H groups in total. The molecule has 0 saturated heterocycles. The number of hydrogen-bond donors (Lipinski definition) is 1. The van der Waals surface area contributed by atoms with Crippen molar-refractivity contribution in [3.63, 3.8) is 0 Å². The van der Waals surface area contributed by atoms with Gasteiger partial charge in [-0.1, -0.05) is 42.5 Å². The van der Waals surface area contributed by atoms with Gasteiger partial charge < -0.3 is 5.32 Å². The molecule has 30 heavy (non-hydrogen) atoms. The molecular weight excluding hydrogens is 394 g/mol. The number of ketones is 1. The number of rotatable bonds is 4. The van der Waals surface area contributed by atoms with Gasteiger partial charge in [0.1, 0.15) is 10.7 Å². The zero-order valence-electron chi connectivity index (χ0n) is 16.2. The molecule has 0 spiro atoms. The fourth-order valence-corrected chi connectivity index (χ4v) is 5.14. The summed E-state index contributed by atoms with van der Waals surface area (Å²) in [6, 6.07) is 16.7. The maximum Gasteiger partial charge on any atom is 0.276 e. The van der Waals surface area contributed by atoms with Gasteiger partial charge in [0.2, 0.25) is 0 Å². The summed E-state index contributed by atoms with van der Waals surface area (Å²) in [4.78, 5) is 36.2. The van der Waals surface area contributed by atoms with Crippen molar-refractivity contribution in [1.82, 2.24) is 9.97 Å². The van der Waals surface area contributed by atoms with Gasteiger partial charge in [0.05, 0.1) is 22.8 Å². The first kappa shape index (κ1) is 18.6. The standard InChI is InChI=1S/C24H19N3O2S/c28-22(15-8-2-1-3-9-15)21-16-10-4-7-13-20(16)30-24(21)27-23(29)19-14-25-17-11-5-6-12-18(17)26-19/h1-3,5-6,8-9,11-12,14H,4,7,10,13H2,(H,27,29). The Morgan fingerprint density at radius 2 is 1.63 bits per heavy atom. The van der Waals surface area contributed by atoms with E-state index in [-0.39, 0.29) is 17.4 Å². The Bertz CT molecular complexity index is 1260. The lowest BCUT2D eigenvalue weighted by Gasteiger charge is -2.12. The van der Waals surface area contributed by atoms with Crippen LogP contribution in [0.2, 0.25) is 0 Å². The van der Waals surface area contributed by atoms with Gasteiger partial charge in [0.25, 0.3) is 5.91 Å². The molecule has 0 saturated carbocycles. The van der Waals surface area contributed by atoms with Gasteiger partial charge in [-0.25, -0.2) is 4.98 Å². The Morgan fingerprint density at radius 3 is 2.47 bits per heavy atom. The topological polar surface area (TPSA) is 72.0 Å². The second-order valence-electron chi connectivity index (χ2n) is 7.31. The molecule has 2 aromatic carbocycles. The molecule has 1 aliphatic carbocycles. The molecule has 1 aliphatic rings. The normalized spacial score (nSPS) is 13.1. The summed E-state index contributed by atoms with van der Waals surface area (Å²) >= 11 is 1.51. The van der Waals surface area contributed by atoms with Crippen molar-refractivity contribution in [1.29, 1.82) is 0 Å². The van der Waals surface area contributed by atoms with Crippen molar-refractivity contribution in [2.45, 2.75) is 25.7 Å². The Hall–Kier alpha value is -3.38. The quantitative estimate of drug-likeness (QED) is 0.475. The third-order valence-corrected chi connectivity index (χ3v) is 6.55. The summed E-state index contributed by atoms with van der Waals surface area (Å²) in [5.41, 5.74) is 3.97. The van der Waals surface area contributed by atoms with Crippen molar-refractivity contribution in [2.75, 3.05) is 5.32 Å². The van der Waals surface area contributed by atoms with Crippen LogP contribution in [0.25, 0.3) is 11.0 Å². The molecule has 2 heterocycles. The highest BCUT2D eigenvalue weighted by molar-refractivity contribution is 7.17. The number of amides is 1. The number of fused-ring (bicyclic) bond motifs is 2. The second-order valence-corrected chi connectivity index (χ2v) is 8.41. The number of para-hydroxylation sites is 2. The highest BCUT2D eigenvalue weighted by Gasteiger charge is 2.27. The van der Waals surface area contributed by atoms with E-state index < -0.39 is 0 Å². The lowest BCUT2D eigenvalue weighted by Crippen LogP contribution is -2.16. The minimum Gasteiger partial charge on any atom is -0.312 e. The predicted molar refractivity (Wildman–Crippen MR) is 118 cm³/mol. The molecule has 0 unspecified atom stereocenters. The number of aromatic nitrogens is 2. The van der Waals surface area contributed by atoms with Crippen LogP contribution in [0, 0.1) is 0 Å². The van der Waals surface area contributed by atoms with Crippen LogP contribution >= 0.6 is 11.3 Å². The van der Waals surface area contributed by atoms with E-state index in [9.17, 15) is 9.59 Å². The number of carbonyl (C=O) groups is 2. The smallest absolute Gasteiger partial charge is 0.276 e. The molecule has 0 bridgehead atoms. The highest BCUT2D eigenvalue weighted by Crippen LogP contribution is 2.39. The fraction of sp³-hybridized carbons (Fsp3) is 0.167. The summed E-state index contributed by atoms with van der Waals surface area (Å²) in [6.07, 6.45) is 5.45. The minimum absolute atomic E-state index is 0.0464. The van der Waals surface area contributed by atoms with E-state index in [1.54, 1.807) is 0 Å². The number of hydrogen-bond acceptors (Lipinski definition) is 5. The van der Waals surface area contributed by atoms with Gasteiger partial charge >= 0.3 is 0 Å². The number of aryl methyl sites for hydroxylation is 1. The predicted octanol–water partition coefficient (Wildman–Crippen LogP) is 5.05. The Kier molecular flexibility index (Phi) is 4.85. The number of benzene rings is 2. The van der Waals surface area contributed by atoms with Gasteiger partial charge in [-0.2, -0.15) is 0 Å². The average Bonchev–Trinajstić information content (AvgIpc) is 3.16. The van der Waals surface area contributed by atoms with E-state index in [4.69, 9.17) is 0 Å². The lowest BCUT2D eigenvalue weighted by molar-refractivity contribution is 0.102. The summed E-state index contributed by atoms with van der Waals surface area (Å²) < 4.78 is 0. The van der Waals surface area contributed by atoms with Gasteiger partial charge in [0.15, 0.2) is 5.78 Å². The maximum atomic E-state index is 13.3. The molecule has 5 nitrogen and oxygen atoms in total. The first-order valence-corrected chi connectivity index (χ1v) is 10.8. The largest absolute Gasteiger partial charge is 0.312 e. The van der Waals surface area contributed by atoms with Crippen LogP contribution < -0.4 is 5.32 Å². The molecule has 0 aliphatic heterocycles. The molecule has 0 fully saturated rings. The van der Waals surface area contributed by atoms with Crippen molar-refractivity contribution in [3.8, 4) is 0 Å². The molecular formula is C24H19N3O2S. The van der Waals surface area contributed by atoms with Crippen LogP contribution in [0.4, 0.5) is 5.00 Å². The first-order valence-electron chi connectivity index (χ1n) is 9.98. The summed E-state index contributed by atoms with van der Waals surface area (Å²) in [7, 11) is 0. The molecule has 4 aromatic rings. The van der Waals surface area contributed by atoms with Crippen molar-refractivity contribution >= 4 is 39.1 Å². The lowest BCUT2D eigenvalue weighted by atomic mass is 9.92. The third kappa shape index (κ3) is 3.39. The van der Waals surface area contributed by atoms with E-state index >= 15 is 0 Å². The highest BCUT2D eigenvalue weighted by atomic mass is 32.1. The zero-order chi connectivity index (χ0) is 20.5. The van der Waals surface area contributed by atoms with E-state index in [1.165, 1.54) is 22.4 Å². The first-order chi connectivity index (χ1) is 14.7. The SMILES string of the molecule is O=C(Nc1sc2c(c1C(=O)c1ccccc1)CCCC2)c1cnc2ccccc2n1. The average molecular weight is 414 g/mol. The molecule has 2 aromatic heterocycles. The van der Waals surface area contributed by atoms with E-state index in [0.29, 0.717) is 21.6 Å². The van der Waals surface area contributed by atoms with Crippen LogP contribution in [-0.4, -0.2) is 21.7 Å². The Balaban J connectivity index is 1.52. The van der Waals surface area contributed by atoms with Crippen LogP contribution in [0.1, 0.15) is 49.7 Å². The number of thiophene rings is 1. The van der Waals surface area contributed by atoms with Gasteiger partial charge in [-0.3, -0.25) is 14.6 Å².